The van der Waals surface area contributed by atoms with Crippen LogP contribution in [-0.2, 0) is 4.79 Å². The average molecular weight is 238 g/mol. The van der Waals surface area contributed by atoms with Gasteiger partial charge in [-0.1, -0.05) is 13.8 Å². The second-order valence-corrected chi connectivity index (χ2v) is 6.34. The van der Waals surface area contributed by atoms with Gasteiger partial charge in [-0.05, 0) is 56.8 Å². The first-order valence-electron chi connectivity index (χ1n) is 7.11. The van der Waals surface area contributed by atoms with E-state index >= 15 is 0 Å². The van der Waals surface area contributed by atoms with Crippen LogP contribution in [0.5, 0.6) is 0 Å². The highest BCUT2D eigenvalue weighted by atomic mass is 16.2. The third kappa shape index (κ3) is 2.82. The molecule has 3 N–H and O–H groups in total. The minimum atomic E-state index is -0.533. The summed E-state index contributed by atoms with van der Waals surface area (Å²) in [4.78, 5) is 12.0. The Morgan fingerprint density at radius 1 is 1.24 bits per heavy atom. The molecular formula is C14H26N2O. The van der Waals surface area contributed by atoms with Crippen LogP contribution in [0.2, 0.25) is 0 Å². The van der Waals surface area contributed by atoms with Crippen molar-refractivity contribution >= 4 is 5.91 Å². The van der Waals surface area contributed by atoms with E-state index in [9.17, 15) is 4.79 Å². The van der Waals surface area contributed by atoms with Crippen LogP contribution in [-0.4, -0.2) is 17.5 Å². The number of hydrogen-bond acceptors (Lipinski definition) is 2. The van der Waals surface area contributed by atoms with Crippen LogP contribution in [0, 0.1) is 11.8 Å². The Morgan fingerprint density at radius 3 is 2.24 bits per heavy atom. The lowest BCUT2D eigenvalue weighted by atomic mass is 9.76. The predicted molar refractivity (Wildman–Crippen MR) is 69.5 cm³/mol. The molecule has 3 heteroatoms. The molecule has 2 aliphatic rings. The van der Waals surface area contributed by atoms with Crippen molar-refractivity contribution in [1.29, 1.82) is 0 Å². The van der Waals surface area contributed by atoms with Crippen LogP contribution in [0.4, 0.5) is 0 Å². The first kappa shape index (κ1) is 12.9. The molecule has 2 saturated carbocycles. The summed E-state index contributed by atoms with van der Waals surface area (Å²) in [6.45, 7) is 4.60. The molecule has 0 spiro atoms. The standard InChI is InChI=1S/C14H26N2O/c1-10(2)11-4-6-12(7-5-11)16-13(17)14(15)8-3-9-14/h10-12H,3-9,15H2,1-2H3,(H,16,17). The fraction of sp³-hybridized carbons (Fsp3) is 0.929. The Kier molecular flexibility index (Phi) is 3.76. The van der Waals surface area contributed by atoms with Gasteiger partial charge in [0.05, 0.1) is 5.54 Å². The van der Waals surface area contributed by atoms with Gasteiger partial charge < -0.3 is 11.1 Å². The Bertz CT molecular complexity index is 276. The smallest absolute Gasteiger partial charge is 0.240 e. The highest BCUT2D eigenvalue weighted by molar-refractivity contribution is 5.87. The zero-order valence-corrected chi connectivity index (χ0v) is 11.2. The maximum atomic E-state index is 12.0. The molecule has 3 nitrogen and oxygen atoms in total. The van der Waals surface area contributed by atoms with E-state index in [1.165, 1.54) is 12.8 Å². The Labute approximate surface area is 105 Å². The van der Waals surface area contributed by atoms with Gasteiger partial charge in [-0.15, -0.1) is 0 Å². The number of rotatable bonds is 3. The molecule has 2 rings (SSSR count). The summed E-state index contributed by atoms with van der Waals surface area (Å²) in [5.74, 6) is 1.72. The summed E-state index contributed by atoms with van der Waals surface area (Å²) >= 11 is 0. The van der Waals surface area contributed by atoms with E-state index in [-0.39, 0.29) is 5.91 Å². The molecular weight excluding hydrogens is 212 g/mol. The highest BCUT2D eigenvalue weighted by Crippen LogP contribution is 2.32. The van der Waals surface area contributed by atoms with Crippen molar-refractivity contribution in [3.63, 3.8) is 0 Å². The lowest BCUT2D eigenvalue weighted by Gasteiger charge is -2.39. The van der Waals surface area contributed by atoms with Gasteiger partial charge in [0.25, 0.3) is 0 Å². The zero-order valence-electron chi connectivity index (χ0n) is 11.2. The van der Waals surface area contributed by atoms with Gasteiger partial charge in [0.15, 0.2) is 0 Å². The molecule has 2 aliphatic carbocycles. The second kappa shape index (κ2) is 4.97. The fourth-order valence-electron chi connectivity index (χ4n) is 3.04. The summed E-state index contributed by atoms with van der Waals surface area (Å²) in [6.07, 6.45) is 7.58. The Hall–Kier alpha value is -0.570. The van der Waals surface area contributed by atoms with Crippen LogP contribution < -0.4 is 11.1 Å². The fourth-order valence-corrected chi connectivity index (χ4v) is 3.04. The molecule has 0 bridgehead atoms. The molecule has 2 fully saturated rings. The van der Waals surface area contributed by atoms with Crippen molar-refractivity contribution in [3.8, 4) is 0 Å². The molecule has 1 amide bonds. The van der Waals surface area contributed by atoms with E-state index in [0.29, 0.717) is 6.04 Å². The van der Waals surface area contributed by atoms with Gasteiger partial charge in [-0.2, -0.15) is 0 Å². The molecule has 0 atom stereocenters. The molecule has 0 unspecified atom stereocenters. The third-order valence-corrected chi connectivity index (χ3v) is 4.75. The first-order valence-corrected chi connectivity index (χ1v) is 7.11. The van der Waals surface area contributed by atoms with Gasteiger partial charge in [0.1, 0.15) is 0 Å². The second-order valence-electron chi connectivity index (χ2n) is 6.34. The van der Waals surface area contributed by atoms with E-state index < -0.39 is 5.54 Å². The number of carbonyl (C=O) groups is 1. The number of amides is 1. The number of hydrogen-bond donors (Lipinski definition) is 2. The maximum Gasteiger partial charge on any atom is 0.240 e. The normalized spacial score (nSPS) is 32.0. The highest BCUT2D eigenvalue weighted by Gasteiger charge is 2.41. The molecule has 0 aromatic heterocycles. The molecule has 0 aliphatic heterocycles. The Balaban J connectivity index is 1.76. The van der Waals surface area contributed by atoms with Crippen molar-refractivity contribution in [2.45, 2.75) is 70.4 Å². The number of nitrogens with one attached hydrogen (secondary N) is 1. The molecule has 98 valence electrons. The van der Waals surface area contributed by atoms with E-state index in [2.05, 4.69) is 19.2 Å². The number of nitrogens with two attached hydrogens (primary N) is 1. The predicted octanol–water partition coefficient (Wildman–Crippen LogP) is 2.20. The summed E-state index contributed by atoms with van der Waals surface area (Å²) in [6, 6.07) is 0.374. The van der Waals surface area contributed by atoms with Crippen LogP contribution in [0.15, 0.2) is 0 Å². The van der Waals surface area contributed by atoms with Crippen LogP contribution in [0.25, 0.3) is 0 Å². The lowest BCUT2D eigenvalue weighted by Crippen LogP contribution is -2.60. The first-order chi connectivity index (χ1) is 8.01. The van der Waals surface area contributed by atoms with E-state index in [1.54, 1.807) is 0 Å². The van der Waals surface area contributed by atoms with E-state index in [1.807, 2.05) is 0 Å². The monoisotopic (exact) mass is 238 g/mol. The maximum absolute atomic E-state index is 12.0. The molecule has 0 aromatic rings. The van der Waals surface area contributed by atoms with Crippen molar-refractivity contribution in [3.05, 3.63) is 0 Å². The van der Waals surface area contributed by atoms with Crippen LogP contribution in [0.1, 0.15) is 58.8 Å². The summed E-state index contributed by atoms with van der Waals surface area (Å²) in [7, 11) is 0. The van der Waals surface area contributed by atoms with Crippen molar-refractivity contribution in [1.82, 2.24) is 5.32 Å². The quantitative estimate of drug-likeness (QED) is 0.792. The van der Waals surface area contributed by atoms with Gasteiger partial charge >= 0.3 is 0 Å². The summed E-state index contributed by atoms with van der Waals surface area (Å²) < 4.78 is 0. The lowest BCUT2D eigenvalue weighted by molar-refractivity contribution is -0.130. The van der Waals surface area contributed by atoms with Crippen molar-refractivity contribution in [2.75, 3.05) is 0 Å². The van der Waals surface area contributed by atoms with Gasteiger partial charge in [0.2, 0.25) is 5.91 Å². The van der Waals surface area contributed by atoms with E-state index in [4.69, 9.17) is 5.73 Å². The molecule has 0 radical (unpaired) electrons. The van der Waals surface area contributed by atoms with E-state index in [0.717, 1.165) is 43.9 Å². The van der Waals surface area contributed by atoms with Gasteiger partial charge in [0, 0.05) is 6.04 Å². The largest absolute Gasteiger partial charge is 0.352 e. The number of carbonyl (C=O) groups excluding carboxylic acids is 1. The Morgan fingerprint density at radius 2 is 1.82 bits per heavy atom. The minimum absolute atomic E-state index is 0.0942. The average Bonchev–Trinajstić information content (AvgIpc) is 2.26. The minimum Gasteiger partial charge on any atom is -0.352 e. The van der Waals surface area contributed by atoms with Gasteiger partial charge in [-0.25, -0.2) is 0 Å². The zero-order chi connectivity index (χ0) is 12.5. The van der Waals surface area contributed by atoms with Crippen molar-refractivity contribution in [2.24, 2.45) is 17.6 Å². The summed E-state index contributed by atoms with van der Waals surface area (Å²) in [5.41, 5.74) is 5.49. The SMILES string of the molecule is CC(C)C1CCC(NC(=O)C2(N)CCC2)CC1. The molecule has 0 heterocycles. The van der Waals surface area contributed by atoms with Crippen molar-refractivity contribution < 1.29 is 4.79 Å². The molecule has 0 saturated heterocycles. The molecule has 0 aromatic carbocycles. The van der Waals surface area contributed by atoms with Gasteiger partial charge in [-0.3, -0.25) is 4.79 Å². The third-order valence-electron chi connectivity index (χ3n) is 4.75. The topological polar surface area (TPSA) is 55.1 Å². The molecule has 17 heavy (non-hydrogen) atoms. The van der Waals surface area contributed by atoms with Crippen LogP contribution in [0.3, 0.4) is 0 Å². The summed E-state index contributed by atoms with van der Waals surface area (Å²) in [5, 5.41) is 3.16. The van der Waals surface area contributed by atoms with Crippen LogP contribution >= 0.6 is 0 Å².